The molecule has 0 bridgehead atoms. The van der Waals surface area contributed by atoms with Crippen LogP contribution in [-0.2, 0) is 11.3 Å². The van der Waals surface area contributed by atoms with Gasteiger partial charge in [0.25, 0.3) is 5.91 Å². The van der Waals surface area contributed by atoms with E-state index in [1.165, 1.54) is 5.56 Å². The van der Waals surface area contributed by atoms with Crippen LogP contribution in [0.25, 0.3) is 0 Å². The number of aryl methyl sites for hydroxylation is 1. The van der Waals surface area contributed by atoms with Crippen molar-refractivity contribution < 1.29 is 9.53 Å². The average Bonchev–Trinajstić information content (AvgIpc) is 2.26. The number of hydrogen-bond donors (Lipinski definition) is 2. The zero-order valence-corrected chi connectivity index (χ0v) is 12.5. The van der Waals surface area contributed by atoms with Crippen molar-refractivity contribution >= 4 is 5.91 Å². The molecule has 0 saturated carbocycles. The predicted molar refractivity (Wildman–Crippen MR) is 77.3 cm³/mol. The summed E-state index contributed by atoms with van der Waals surface area (Å²) in [7, 11) is 1.89. The van der Waals surface area contributed by atoms with E-state index >= 15 is 0 Å². The third-order valence-corrected chi connectivity index (χ3v) is 2.46. The minimum atomic E-state index is -0.235. The molecule has 106 valence electrons. The van der Waals surface area contributed by atoms with Crippen LogP contribution in [-0.4, -0.2) is 25.1 Å². The van der Waals surface area contributed by atoms with E-state index in [1.807, 2.05) is 46.9 Å². The molecule has 0 radical (unpaired) electrons. The zero-order chi connectivity index (χ0) is 14.5. The highest BCUT2D eigenvalue weighted by molar-refractivity contribution is 5.78. The van der Waals surface area contributed by atoms with Gasteiger partial charge in [-0.25, -0.2) is 0 Å². The maximum atomic E-state index is 11.7. The molecule has 0 heterocycles. The smallest absolute Gasteiger partial charge is 0.258 e. The largest absolute Gasteiger partial charge is 0.483 e. The first kappa shape index (κ1) is 15.5. The number of benzene rings is 1. The Labute approximate surface area is 115 Å². The molecule has 1 amide bonds. The van der Waals surface area contributed by atoms with Crippen molar-refractivity contribution in [3.05, 3.63) is 29.3 Å². The monoisotopic (exact) mass is 264 g/mol. The van der Waals surface area contributed by atoms with E-state index in [0.717, 1.165) is 17.9 Å². The van der Waals surface area contributed by atoms with Gasteiger partial charge in [-0.05, 0) is 40.8 Å². The predicted octanol–water partition coefficient (Wildman–Crippen LogP) is 2.01. The lowest BCUT2D eigenvalue weighted by Crippen LogP contribution is -2.43. The van der Waals surface area contributed by atoms with Gasteiger partial charge < -0.3 is 15.4 Å². The van der Waals surface area contributed by atoms with Crippen molar-refractivity contribution in [3.63, 3.8) is 0 Å². The van der Waals surface area contributed by atoms with Gasteiger partial charge in [-0.1, -0.05) is 17.7 Å². The van der Waals surface area contributed by atoms with Crippen molar-refractivity contribution in [1.82, 2.24) is 10.6 Å². The lowest BCUT2D eigenvalue weighted by Gasteiger charge is -2.21. The third kappa shape index (κ3) is 5.75. The molecule has 0 aliphatic heterocycles. The van der Waals surface area contributed by atoms with Crippen molar-refractivity contribution in [3.8, 4) is 5.75 Å². The maximum absolute atomic E-state index is 11.7. The lowest BCUT2D eigenvalue weighted by molar-refractivity contribution is -0.124. The van der Waals surface area contributed by atoms with Crippen LogP contribution in [0.3, 0.4) is 0 Å². The Hall–Kier alpha value is -1.55. The van der Waals surface area contributed by atoms with E-state index in [9.17, 15) is 4.79 Å². The Balaban J connectivity index is 2.64. The second-order valence-electron chi connectivity index (χ2n) is 5.73. The number of ether oxygens (including phenoxy) is 1. The van der Waals surface area contributed by atoms with Gasteiger partial charge >= 0.3 is 0 Å². The van der Waals surface area contributed by atoms with Gasteiger partial charge in [0.2, 0.25) is 0 Å². The van der Waals surface area contributed by atoms with E-state index < -0.39 is 0 Å². The van der Waals surface area contributed by atoms with Crippen molar-refractivity contribution in [2.75, 3.05) is 13.7 Å². The molecule has 0 atom stereocenters. The van der Waals surface area contributed by atoms with E-state index in [1.54, 1.807) is 0 Å². The molecule has 0 spiro atoms. The second-order valence-corrected chi connectivity index (χ2v) is 5.73. The normalized spacial score (nSPS) is 11.2. The zero-order valence-electron chi connectivity index (χ0n) is 12.5. The summed E-state index contributed by atoms with van der Waals surface area (Å²) < 4.78 is 5.60. The fourth-order valence-corrected chi connectivity index (χ4v) is 1.78. The van der Waals surface area contributed by atoms with Crippen molar-refractivity contribution in [1.29, 1.82) is 0 Å². The number of carbonyl (C=O) groups is 1. The Bertz CT molecular complexity index is 436. The summed E-state index contributed by atoms with van der Waals surface area (Å²) in [6, 6.07) is 5.95. The molecule has 19 heavy (non-hydrogen) atoms. The van der Waals surface area contributed by atoms with E-state index in [4.69, 9.17) is 4.74 Å². The Morgan fingerprint density at radius 1 is 1.32 bits per heavy atom. The van der Waals surface area contributed by atoms with Crippen LogP contribution >= 0.6 is 0 Å². The van der Waals surface area contributed by atoms with Gasteiger partial charge in [-0.2, -0.15) is 0 Å². The molecule has 4 nitrogen and oxygen atoms in total. The topological polar surface area (TPSA) is 50.4 Å². The first-order chi connectivity index (χ1) is 8.81. The van der Waals surface area contributed by atoms with E-state index in [-0.39, 0.29) is 18.1 Å². The summed E-state index contributed by atoms with van der Waals surface area (Å²) in [5.74, 6) is 0.646. The fourth-order valence-electron chi connectivity index (χ4n) is 1.78. The number of amides is 1. The van der Waals surface area contributed by atoms with Gasteiger partial charge in [0.05, 0.1) is 0 Å². The third-order valence-electron chi connectivity index (χ3n) is 2.46. The minimum absolute atomic E-state index is 0.0387. The summed E-state index contributed by atoms with van der Waals surface area (Å²) in [6.45, 7) is 8.64. The quantitative estimate of drug-likeness (QED) is 0.855. The highest BCUT2D eigenvalue weighted by Gasteiger charge is 2.14. The molecule has 0 aromatic heterocycles. The first-order valence-electron chi connectivity index (χ1n) is 6.50. The molecule has 1 rings (SSSR count). The van der Waals surface area contributed by atoms with Gasteiger partial charge in [-0.3, -0.25) is 4.79 Å². The molecule has 1 aromatic rings. The Kier molecular flexibility index (Phi) is 5.36. The average molecular weight is 264 g/mol. The van der Waals surface area contributed by atoms with Crippen LogP contribution in [0.5, 0.6) is 5.75 Å². The first-order valence-corrected chi connectivity index (χ1v) is 6.50. The molecule has 2 N–H and O–H groups in total. The molecule has 4 heteroatoms. The SMILES string of the molecule is CNCc1cc(C)ccc1OCC(=O)NC(C)(C)C. The number of nitrogens with one attached hydrogen (secondary N) is 2. The summed E-state index contributed by atoms with van der Waals surface area (Å²) in [5.41, 5.74) is 2.00. The van der Waals surface area contributed by atoms with Crippen LogP contribution in [0.15, 0.2) is 18.2 Å². The minimum Gasteiger partial charge on any atom is -0.483 e. The highest BCUT2D eigenvalue weighted by atomic mass is 16.5. The molecule has 0 aliphatic carbocycles. The van der Waals surface area contributed by atoms with E-state index in [2.05, 4.69) is 16.7 Å². The molecule has 0 aliphatic rings. The summed E-state index contributed by atoms with van der Waals surface area (Å²) in [6.07, 6.45) is 0. The molecule has 0 unspecified atom stereocenters. The maximum Gasteiger partial charge on any atom is 0.258 e. The highest BCUT2D eigenvalue weighted by Crippen LogP contribution is 2.19. The van der Waals surface area contributed by atoms with Gasteiger partial charge in [0.15, 0.2) is 6.61 Å². The van der Waals surface area contributed by atoms with Crippen molar-refractivity contribution in [2.24, 2.45) is 0 Å². The Morgan fingerprint density at radius 2 is 2.00 bits per heavy atom. The number of hydrogen-bond acceptors (Lipinski definition) is 3. The van der Waals surface area contributed by atoms with Gasteiger partial charge in [0, 0.05) is 17.6 Å². The van der Waals surface area contributed by atoms with Crippen LogP contribution < -0.4 is 15.4 Å². The van der Waals surface area contributed by atoms with Gasteiger partial charge in [-0.15, -0.1) is 0 Å². The second kappa shape index (κ2) is 6.57. The molecule has 1 aromatic carbocycles. The standard InChI is InChI=1S/C15H24N2O2/c1-11-6-7-13(12(8-11)9-16-5)19-10-14(18)17-15(2,3)4/h6-8,16H,9-10H2,1-5H3,(H,17,18). The molecular formula is C15H24N2O2. The van der Waals surface area contributed by atoms with Gasteiger partial charge in [0.1, 0.15) is 5.75 Å². The Morgan fingerprint density at radius 3 is 2.58 bits per heavy atom. The number of rotatable bonds is 5. The summed E-state index contributed by atoms with van der Waals surface area (Å²) in [5, 5.41) is 5.97. The van der Waals surface area contributed by atoms with Crippen molar-refractivity contribution in [2.45, 2.75) is 39.8 Å². The molecule has 0 saturated heterocycles. The summed E-state index contributed by atoms with van der Waals surface area (Å²) in [4.78, 5) is 11.7. The summed E-state index contributed by atoms with van der Waals surface area (Å²) >= 11 is 0. The van der Waals surface area contributed by atoms with Crippen LogP contribution in [0.1, 0.15) is 31.9 Å². The van der Waals surface area contributed by atoms with Crippen LogP contribution in [0.4, 0.5) is 0 Å². The fraction of sp³-hybridized carbons (Fsp3) is 0.533. The number of carbonyl (C=O) groups excluding carboxylic acids is 1. The molecule has 0 fully saturated rings. The molecular weight excluding hydrogens is 240 g/mol. The van der Waals surface area contributed by atoms with E-state index in [0.29, 0.717) is 0 Å². The lowest BCUT2D eigenvalue weighted by atomic mass is 10.1. The van der Waals surface area contributed by atoms with Crippen LogP contribution in [0.2, 0.25) is 0 Å². The van der Waals surface area contributed by atoms with Crippen LogP contribution in [0, 0.1) is 6.92 Å².